The van der Waals surface area contributed by atoms with Crippen LogP contribution in [0.15, 0.2) is 71.8 Å². The van der Waals surface area contributed by atoms with Gasteiger partial charge < -0.3 is 9.47 Å². The molecule has 0 aliphatic rings. The molecule has 0 saturated carbocycles. The molecule has 0 aromatic heterocycles. The van der Waals surface area contributed by atoms with Crippen LogP contribution in [0.2, 0.25) is 10.0 Å². The molecule has 0 saturated heterocycles. The van der Waals surface area contributed by atoms with E-state index in [2.05, 4.69) is 17.5 Å². The fraction of sp³-hybridized carbons (Fsp3) is 0.192. The molecule has 0 heterocycles. The van der Waals surface area contributed by atoms with Gasteiger partial charge in [-0.05, 0) is 66.4 Å². The summed E-state index contributed by atoms with van der Waals surface area (Å²) in [4.78, 5) is 24.4. The van der Waals surface area contributed by atoms with Crippen molar-refractivity contribution < 1.29 is 19.1 Å². The molecule has 8 heteroatoms. The molecular formula is C26H24Cl2N2O4. The SMILES string of the molecule is CCCCc1ccc(OCC(=O)N/N=C\c2cccc(OC(=O)c3ccc(Cl)cc3Cl)c2)cc1. The van der Waals surface area contributed by atoms with Crippen LogP contribution in [0.4, 0.5) is 0 Å². The van der Waals surface area contributed by atoms with Gasteiger partial charge in [-0.25, -0.2) is 10.2 Å². The largest absolute Gasteiger partial charge is 0.484 e. The predicted molar refractivity (Wildman–Crippen MR) is 134 cm³/mol. The number of hydrogen-bond donors (Lipinski definition) is 1. The van der Waals surface area contributed by atoms with Crippen LogP contribution in [0.25, 0.3) is 0 Å². The van der Waals surface area contributed by atoms with E-state index in [0.717, 1.165) is 19.3 Å². The second kappa shape index (κ2) is 12.8. The summed E-state index contributed by atoms with van der Waals surface area (Å²) in [5, 5.41) is 4.55. The molecule has 3 rings (SSSR count). The van der Waals surface area contributed by atoms with Gasteiger partial charge in [0.2, 0.25) is 0 Å². The molecule has 0 aliphatic heterocycles. The van der Waals surface area contributed by atoms with Crippen molar-refractivity contribution in [1.29, 1.82) is 0 Å². The number of ether oxygens (including phenoxy) is 2. The van der Waals surface area contributed by atoms with Crippen molar-refractivity contribution >= 4 is 41.3 Å². The summed E-state index contributed by atoms with van der Waals surface area (Å²) < 4.78 is 10.9. The van der Waals surface area contributed by atoms with Gasteiger partial charge in [0.15, 0.2) is 6.61 Å². The Bertz CT molecular complexity index is 1160. The first-order valence-electron chi connectivity index (χ1n) is 10.8. The number of amides is 1. The summed E-state index contributed by atoms with van der Waals surface area (Å²) in [5.74, 6) is -0.0856. The third-order valence-electron chi connectivity index (χ3n) is 4.73. The fourth-order valence-corrected chi connectivity index (χ4v) is 3.45. The molecule has 1 N–H and O–H groups in total. The lowest BCUT2D eigenvalue weighted by Crippen LogP contribution is -2.24. The smallest absolute Gasteiger partial charge is 0.345 e. The van der Waals surface area contributed by atoms with Gasteiger partial charge in [-0.15, -0.1) is 0 Å². The zero-order chi connectivity index (χ0) is 24.3. The summed E-state index contributed by atoms with van der Waals surface area (Å²) in [7, 11) is 0. The molecule has 3 aromatic rings. The van der Waals surface area contributed by atoms with Crippen molar-refractivity contribution in [3.8, 4) is 11.5 Å². The number of carbonyl (C=O) groups is 2. The highest BCUT2D eigenvalue weighted by Crippen LogP contribution is 2.23. The molecule has 1 amide bonds. The first-order valence-corrected chi connectivity index (χ1v) is 11.5. The van der Waals surface area contributed by atoms with Crippen LogP contribution in [-0.4, -0.2) is 24.7 Å². The van der Waals surface area contributed by atoms with Crippen molar-refractivity contribution in [2.45, 2.75) is 26.2 Å². The minimum Gasteiger partial charge on any atom is -0.484 e. The molecule has 0 spiro atoms. The molecule has 0 atom stereocenters. The van der Waals surface area contributed by atoms with Gasteiger partial charge in [-0.3, -0.25) is 4.79 Å². The number of unbranched alkanes of at least 4 members (excludes halogenated alkanes) is 1. The summed E-state index contributed by atoms with van der Waals surface area (Å²) >= 11 is 11.9. The summed E-state index contributed by atoms with van der Waals surface area (Å²) in [6.45, 7) is 1.99. The minimum absolute atomic E-state index is 0.162. The Morgan fingerprint density at radius 2 is 1.79 bits per heavy atom. The Hall–Kier alpha value is -3.35. The van der Waals surface area contributed by atoms with Crippen molar-refractivity contribution in [3.05, 3.63) is 93.5 Å². The molecular weight excluding hydrogens is 475 g/mol. The van der Waals surface area contributed by atoms with E-state index in [1.165, 1.54) is 23.9 Å². The Balaban J connectivity index is 1.48. The lowest BCUT2D eigenvalue weighted by atomic mass is 10.1. The van der Waals surface area contributed by atoms with Gasteiger partial charge in [0.05, 0.1) is 16.8 Å². The van der Waals surface area contributed by atoms with Crippen molar-refractivity contribution in [3.63, 3.8) is 0 Å². The zero-order valence-corrected chi connectivity index (χ0v) is 20.1. The summed E-state index contributed by atoms with van der Waals surface area (Å²) in [6.07, 6.45) is 4.75. The average Bonchev–Trinajstić information content (AvgIpc) is 2.82. The molecule has 0 bridgehead atoms. The zero-order valence-electron chi connectivity index (χ0n) is 18.6. The normalized spacial score (nSPS) is 10.8. The number of nitrogens with one attached hydrogen (secondary N) is 1. The number of hydrazone groups is 1. The highest BCUT2D eigenvalue weighted by molar-refractivity contribution is 6.36. The van der Waals surface area contributed by atoms with Gasteiger partial charge in [-0.1, -0.05) is 60.8 Å². The quantitative estimate of drug-likeness (QED) is 0.159. The van der Waals surface area contributed by atoms with Gasteiger partial charge in [0.25, 0.3) is 5.91 Å². The molecule has 176 valence electrons. The second-order valence-corrected chi connectivity index (χ2v) is 8.26. The molecule has 34 heavy (non-hydrogen) atoms. The number of hydrogen-bond acceptors (Lipinski definition) is 5. The van der Waals surface area contributed by atoms with Crippen molar-refractivity contribution in [2.75, 3.05) is 6.61 Å². The first kappa shape index (κ1) is 25.3. The maximum absolute atomic E-state index is 12.4. The van der Waals surface area contributed by atoms with Gasteiger partial charge >= 0.3 is 5.97 Å². The second-order valence-electron chi connectivity index (χ2n) is 7.42. The van der Waals surface area contributed by atoms with Crippen LogP contribution in [0.5, 0.6) is 11.5 Å². The third kappa shape index (κ3) is 7.90. The van der Waals surface area contributed by atoms with E-state index in [0.29, 0.717) is 22.1 Å². The standard InChI is InChI=1S/C26H24Cl2N2O4/c1-2-3-5-18-8-11-21(12-9-18)33-17-25(31)30-29-16-19-6-4-7-22(14-19)34-26(32)23-13-10-20(27)15-24(23)28/h4,6-16H,2-3,5,17H2,1H3,(H,30,31)/b29-16-. The van der Waals surface area contributed by atoms with Crippen LogP contribution in [0.1, 0.15) is 41.3 Å². The van der Waals surface area contributed by atoms with Crippen molar-refractivity contribution in [2.24, 2.45) is 5.10 Å². The van der Waals surface area contributed by atoms with E-state index < -0.39 is 11.9 Å². The number of carbonyl (C=O) groups excluding carboxylic acids is 2. The molecule has 0 radical (unpaired) electrons. The van der Waals surface area contributed by atoms with E-state index in [9.17, 15) is 9.59 Å². The number of halogens is 2. The highest BCUT2D eigenvalue weighted by Gasteiger charge is 2.13. The van der Waals surface area contributed by atoms with Crippen LogP contribution in [0.3, 0.4) is 0 Å². The number of aryl methyl sites for hydroxylation is 1. The van der Waals surface area contributed by atoms with Gasteiger partial charge in [0.1, 0.15) is 11.5 Å². The van der Waals surface area contributed by atoms with E-state index in [1.54, 1.807) is 30.3 Å². The topological polar surface area (TPSA) is 77.0 Å². The molecule has 0 fully saturated rings. The maximum atomic E-state index is 12.4. The molecule has 0 aliphatic carbocycles. The first-order chi connectivity index (χ1) is 16.4. The Morgan fingerprint density at radius 1 is 1.00 bits per heavy atom. The number of benzene rings is 3. The Morgan fingerprint density at radius 3 is 2.53 bits per heavy atom. The lowest BCUT2D eigenvalue weighted by molar-refractivity contribution is -0.123. The van der Waals surface area contributed by atoms with E-state index in [4.69, 9.17) is 32.7 Å². The molecule has 6 nitrogen and oxygen atoms in total. The van der Waals surface area contributed by atoms with Gasteiger partial charge in [-0.2, -0.15) is 5.10 Å². The van der Waals surface area contributed by atoms with Crippen LogP contribution in [-0.2, 0) is 11.2 Å². The third-order valence-corrected chi connectivity index (χ3v) is 5.28. The number of nitrogens with zero attached hydrogens (tertiary/aromatic N) is 1. The van der Waals surface area contributed by atoms with E-state index in [1.807, 2.05) is 24.3 Å². The maximum Gasteiger partial charge on any atom is 0.345 e. The van der Waals surface area contributed by atoms with Crippen LogP contribution in [0, 0.1) is 0 Å². The van der Waals surface area contributed by atoms with E-state index >= 15 is 0 Å². The molecule has 0 unspecified atom stereocenters. The Kier molecular flexibility index (Phi) is 9.50. The monoisotopic (exact) mass is 498 g/mol. The summed E-state index contributed by atoms with van der Waals surface area (Å²) in [5.41, 5.74) is 4.47. The van der Waals surface area contributed by atoms with Crippen molar-refractivity contribution in [1.82, 2.24) is 5.43 Å². The van der Waals surface area contributed by atoms with E-state index in [-0.39, 0.29) is 17.2 Å². The predicted octanol–water partition coefficient (Wildman–Crippen LogP) is 6.08. The summed E-state index contributed by atoms with van der Waals surface area (Å²) in [6, 6.07) is 18.9. The van der Waals surface area contributed by atoms with Gasteiger partial charge in [0, 0.05) is 5.02 Å². The minimum atomic E-state index is -0.611. The van der Waals surface area contributed by atoms with Crippen LogP contribution < -0.4 is 14.9 Å². The Labute approximate surface area is 208 Å². The number of esters is 1. The number of rotatable bonds is 10. The molecule has 3 aromatic carbocycles. The lowest BCUT2D eigenvalue weighted by Gasteiger charge is -2.07. The fourth-order valence-electron chi connectivity index (χ4n) is 2.97. The average molecular weight is 499 g/mol. The highest BCUT2D eigenvalue weighted by atomic mass is 35.5. The van der Waals surface area contributed by atoms with Crippen LogP contribution >= 0.6 is 23.2 Å².